The standard InChI is InChI=1S/C12H10FNO4S/c13-9-5-7(1-2-8(9)11(16)17)6-14-10(15)3-4-19-12(14)18/h1-2,5H,3-4,6H2,(H,16,17). The van der Waals surface area contributed by atoms with Crippen LogP contribution < -0.4 is 0 Å². The molecule has 1 aliphatic rings. The molecule has 0 unspecified atom stereocenters. The molecule has 1 aliphatic heterocycles. The van der Waals surface area contributed by atoms with Gasteiger partial charge in [0, 0.05) is 12.2 Å². The van der Waals surface area contributed by atoms with Crippen LogP contribution in [0.3, 0.4) is 0 Å². The van der Waals surface area contributed by atoms with Crippen molar-refractivity contribution in [3.05, 3.63) is 35.1 Å². The van der Waals surface area contributed by atoms with Crippen LogP contribution in [0.25, 0.3) is 0 Å². The Hall–Kier alpha value is -1.89. The second kappa shape index (κ2) is 5.40. The highest BCUT2D eigenvalue weighted by atomic mass is 32.2. The number of imide groups is 1. The second-order valence-electron chi connectivity index (χ2n) is 3.96. The van der Waals surface area contributed by atoms with Crippen molar-refractivity contribution >= 4 is 28.9 Å². The molecule has 0 aliphatic carbocycles. The highest BCUT2D eigenvalue weighted by Crippen LogP contribution is 2.21. The molecule has 1 fully saturated rings. The van der Waals surface area contributed by atoms with E-state index in [0.717, 1.165) is 28.8 Å². The number of halogens is 1. The first-order valence-corrected chi connectivity index (χ1v) is 6.46. The van der Waals surface area contributed by atoms with E-state index in [-0.39, 0.29) is 24.1 Å². The summed E-state index contributed by atoms with van der Waals surface area (Å²) in [7, 11) is 0. The summed E-state index contributed by atoms with van der Waals surface area (Å²) < 4.78 is 13.5. The van der Waals surface area contributed by atoms with Gasteiger partial charge in [0.25, 0.3) is 5.24 Å². The fourth-order valence-electron chi connectivity index (χ4n) is 1.71. The van der Waals surface area contributed by atoms with Crippen LogP contribution in [-0.4, -0.2) is 32.9 Å². The van der Waals surface area contributed by atoms with Crippen LogP contribution in [-0.2, 0) is 11.3 Å². The quantitative estimate of drug-likeness (QED) is 0.919. The highest BCUT2D eigenvalue weighted by molar-refractivity contribution is 8.13. The summed E-state index contributed by atoms with van der Waals surface area (Å²) in [5, 5.41) is 8.34. The summed E-state index contributed by atoms with van der Waals surface area (Å²) in [6, 6.07) is 3.55. The van der Waals surface area contributed by atoms with E-state index in [2.05, 4.69) is 0 Å². The number of thioether (sulfide) groups is 1. The lowest BCUT2D eigenvalue weighted by molar-refractivity contribution is -0.128. The molecule has 19 heavy (non-hydrogen) atoms. The van der Waals surface area contributed by atoms with Gasteiger partial charge in [0.1, 0.15) is 5.82 Å². The molecular formula is C12H10FNO4S. The van der Waals surface area contributed by atoms with E-state index in [0.29, 0.717) is 11.3 Å². The van der Waals surface area contributed by atoms with Gasteiger partial charge in [-0.05, 0) is 17.7 Å². The number of carbonyl (C=O) groups excluding carboxylic acids is 2. The lowest BCUT2D eigenvalue weighted by Gasteiger charge is -2.24. The molecular weight excluding hydrogens is 273 g/mol. The van der Waals surface area contributed by atoms with Crippen molar-refractivity contribution in [3.8, 4) is 0 Å². The van der Waals surface area contributed by atoms with Crippen molar-refractivity contribution in [2.45, 2.75) is 13.0 Å². The van der Waals surface area contributed by atoms with E-state index in [4.69, 9.17) is 5.11 Å². The zero-order chi connectivity index (χ0) is 14.0. The first-order chi connectivity index (χ1) is 8.99. The minimum atomic E-state index is -1.36. The predicted octanol–water partition coefficient (Wildman–Crippen LogP) is 2.11. The Labute approximate surface area is 112 Å². The third-order valence-electron chi connectivity index (χ3n) is 2.67. The number of benzene rings is 1. The molecule has 5 nitrogen and oxygen atoms in total. The van der Waals surface area contributed by atoms with Crippen molar-refractivity contribution in [2.24, 2.45) is 0 Å². The van der Waals surface area contributed by atoms with Gasteiger partial charge >= 0.3 is 5.97 Å². The number of carboxylic acid groups (broad SMARTS) is 1. The molecule has 0 spiro atoms. The molecule has 0 atom stereocenters. The first-order valence-electron chi connectivity index (χ1n) is 5.48. The fraction of sp³-hybridized carbons (Fsp3) is 0.250. The Morgan fingerprint density at radius 3 is 2.74 bits per heavy atom. The molecule has 0 bridgehead atoms. The average Bonchev–Trinajstić information content (AvgIpc) is 2.33. The Morgan fingerprint density at radius 2 is 2.16 bits per heavy atom. The van der Waals surface area contributed by atoms with Gasteiger partial charge in [0.15, 0.2) is 0 Å². The minimum absolute atomic E-state index is 0.0402. The highest BCUT2D eigenvalue weighted by Gasteiger charge is 2.26. The van der Waals surface area contributed by atoms with Gasteiger partial charge in [0.05, 0.1) is 12.1 Å². The van der Waals surface area contributed by atoms with Gasteiger partial charge in [-0.25, -0.2) is 9.18 Å². The number of hydrogen-bond donors (Lipinski definition) is 1. The van der Waals surface area contributed by atoms with Crippen molar-refractivity contribution in [2.75, 3.05) is 5.75 Å². The van der Waals surface area contributed by atoms with Crippen LogP contribution in [0.5, 0.6) is 0 Å². The Balaban J connectivity index is 2.19. The minimum Gasteiger partial charge on any atom is -0.478 e. The van der Waals surface area contributed by atoms with Crippen LogP contribution in [0, 0.1) is 5.82 Å². The Morgan fingerprint density at radius 1 is 1.42 bits per heavy atom. The number of carboxylic acids is 1. The summed E-state index contributed by atoms with van der Waals surface area (Å²) in [6.45, 7) is -0.0402. The van der Waals surface area contributed by atoms with Crippen molar-refractivity contribution < 1.29 is 23.9 Å². The lowest BCUT2D eigenvalue weighted by Crippen LogP contribution is -2.37. The van der Waals surface area contributed by atoms with Gasteiger partial charge in [-0.15, -0.1) is 0 Å². The molecule has 100 valence electrons. The van der Waals surface area contributed by atoms with Crippen LogP contribution in [0.2, 0.25) is 0 Å². The smallest absolute Gasteiger partial charge is 0.338 e. The number of carbonyl (C=O) groups is 3. The van der Waals surface area contributed by atoms with E-state index in [9.17, 15) is 18.8 Å². The maximum absolute atomic E-state index is 13.5. The van der Waals surface area contributed by atoms with Gasteiger partial charge in [-0.3, -0.25) is 14.5 Å². The molecule has 2 amide bonds. The number of hydrogen-bond acceptors (Lipinski definition) is 4. The molecule has 2 rings (SSSR count). The Kier molecular flexibility index (Phi) is 3.84. The molecule has 7 heteroatoms. The number of amides is 2. The average molecular weight is 283 g/mol. The third-order valence-corrected chi connectivity index (χ3v) is 3.54. The summed E-state index contributed by atoms with van der Waals surface area (Å²) in [5.41, 5.74) is -0.0545. The molecule has 1 heterocycles. The van der Waals surface area contributed by atoms with E-state index in [1.807, 2.05) is 0 Å². The largest absolute Gasteiger partial charge is 0.478 e. The SMILES string of the molecule is O=C(O)c1ccc(CN2C(=O)CCSC2=O)cc1F. The molecule has 0 saturated carbocycles. The van der Waals surface area contributed by atoms with Crippen LogP contribution in [0.15, 0.2) is 18.2 Å². The van der Waals surface area contributed by atoms with Gasteiger partial charge in [0.2, 0.25) is 5.91 Å². The van der Waals surface area contributed by atoms with Gasteiger partial charge in [-0.1, -0.05) is 17.8 Å². The molecule has 0 radical (unpaired) electrons. The van der Waals surface area contributed by atoms with Crippen LogP contribution >= 0.6 is 11.8 Å². The van der Waals surface area contributed by atoms with Gasteiger partial charge < -0.3 is 5.11 Å². The van der Waals surface area contributed by atoms with E-state index in [1.54, 1.807) is 0 Å². The maximum atomic E-state index is 13.5. The Bertz CT molecular complexity index is 545. The molecule has 1 aromatic rings. The van der Waals surface area contributed by atoms with E-state index >= 15 is 0 Å². The van der Waals surface area contributed by atoms with Crippen molar-refractivity contribution in [1.29, 1.82) is 0 Å². The number of aromatic carboxylic acids is 1. The summed E-state index contributed by atoms with van der Waals surface area (Å²) in [5.74, 6) is -2.08. The first kappa shape index (κ1) is 13.5. The number of nitrogens with zero attached hydrogens (tertiary/aromatic N) is 1. The molecule has 0 aromatic heterocycles. The van der Waals surface area contributed by atoms with E-state index < -0.39 is 17.3 Å². The van der Waals surface area contributed by atoms with Crippen molar-refractivity contribution in [3.63, 3.8) is 0 Å². The number of rotatable bonds is 3. The summed E-state index contributed by atoms with van der Waals surface area (Å²) in [6.07, 6.45) is 0.270. The van der Waals surface area contributed by atoms with Crippen molar-refractivity contribution in [1.82, 2.24) is 4.90 Å². The van der Waals surface area contributed by atoms with Crippen LogP contribution in [0.4, 0.5) is 9.18 Å². The fourth-order valence-corrected chi connectivity index (χ4v) is 2.48. The summed E-state index contributed by atoms with van der Waals surface area (Å²) in [4.78, 5) is 34.8. The van der Waals surface area contributed by atoms with E-state index in [1.165, 1.54) is 6.07 Å². The monoisotopic (exact) mass is 283 g/mol. The zero-order valence-electron chi connectivity index (χ0n) is 9.76. The second-order valence-corrected chi connectivity index (χ2v) is 5.01. The third kappa shape index (κ3) is 2.93. The molecule has 1 N–H and O–H groups in total. The van der Waals surface area contributed by atoms with Gasteiger partial charge in [-0.2, -0.15) is 0 Å². The molecule has 1 saturated heterocycles. The summed E-state index contributed by atoms with van der Waals surface area (Å²) >= 11 is 1.04. The topological polar surface area (TPSA) is 74.7 Å². The lowest BCUT2D eigenvalue weighted by atomic mass is 10.1. The normalized spacial score (nSPS) is 15.7. The predicted molar refractivity (Wildman–Crippen MR) is 66.4 cm³/mol. The molecule has 1 aromatic carbocycles. The van der Waals surface area contributed by atoms with Crippen LogP contribution in [0.1, 0.15) is 22.3 Å². The maximum Gasteiger partial charge on any atom is 0.338 e. The zero-order valence-corrected chi connectivity index (χ0v) is 10.6.